The highest BCUT2D eigenvalue weighted by Crippen LogP contribution is 2.40. The van der Waals surface area contributed by atoms with Crippen molar-refractivity contribution in [3.63, 3.8) is 0 Å². The van der Waals surface area contributed by atoms with Gasteiger partial charge in [0.15, 0.2) is 0 Å². The number of benzene rings is 5. The highest BCUT2D eigenvalue weighted by Gasteiger charge is 2.14. The van der Waals surface area contributed by atoms with E-state index in [0.29, 0.717) is 0 Å². The monoisotopic (exact) mass is 539 g/mol. The van der Waals surface area contributed by atoms with Crippen molar-refractivity contribution in [3.8, 4) is 22.5 Å². The SMILES string of the molecule is c1cnc2c(c1)ccc1ccc(-c3cccc4c(-c5ccc6c(ccc7c8ccccc8sc67)n5)cccc34)nc12. The number of pyridine rings is 3. The summed E-state index contributed by atoms with van der Waals surface area (Å²) in [4.78, 5) is 15.0. The lowest BCUT2D eigenvalue weighted by Gasteiger charge is -2.12. The van der Waals surface area contributed by atoms with Gasteiger partial charge in [0, 0.05) is 53.7 Å². The topological polar surface area (TPSA) is 38.7 Å². The Bertz CT molecular complexity index is 2490. The standard InChI is InChI=1S/C37H21N3S/c1-2-12-34-28(7-1)29-16-19-33-30(37(29)41-34)17-20-31(39-33)26-10-3-9-25-24(26)8-4-11-27(25)32-18-15-23-14-13-22-6-5-21-38-35(22)36(23)40-32/h1-21H. The predicted octanol–water partition coefficient (Wildman–Crippen LogP) is 10.2. The molecule has 0 bridgehead atoms. The predicted molar refractivity (Wildman–Crippen MR) is 174 cm³/mol. The average molecular weight is 540 g/mol. The molecule has 0 aliphatic heterocycles. The fourth-order valence-electron chi connectivity index (χ4n) is 6.17. The smallest absolute Gasteiger partial charge is 0.0972 e. The second kappa shape index (κ2) is 8.65. The summed E-state index contributed by atoms with van der Waals surface area (Å²) < 4.78 is 2.61. The Labute approximate surface area is 239 Å². The molecule has 190 valence electrons. The van der Waals surface area contributed by atoms with Crippen LogP contribution < -0.4 is 0 Å². The molecule has 0 unspecified atom stereocenters. The van der Waals surface area contributed by atoms with Crippen LogP contribution in [0.2, 0.25) is 0 Å². The molecule has 41 heavy (non-hydrogen) atoms. The van der Waals surface area contributed by atoms with Gasteiger partial charge in [0.05, 0.1) is 27.9 Å². The first-order valence-corrected chi connectivity index (χ1v) is 14.5. The van der Waals surface area contributed by atoms with Crippen molar-refractivity contribution < 1.29 is 0 Å². The zero-order valence-electron chi connectivity index (χ0n) is 21.9. The van der Waals surface area contributed by atoms with E-state index in [9.17, 15) is 0 Å². The van der Waals surface area contributed by atoms with Crippen molar-refractivity contribution in [2.75, 3.05) is 0 Å². The van der Waals surface area contributed by atoms with E-state index in [-0.39, 0.29) is 0 Å². The van der Waals surface area contributed by atoms with Gasteiger partial charge in [-0.2, -0.15) is 0 Å². The van der Waals surface area contributed by atoms with E-state index in [4.69, 9.17) is 9.97 Å². The van der Waals surface area contributed by atoms with E-state index in [1.807, 2.05) is 23.6 Å². The van der Waals surface area contributed by atoms with Gasteiger partial charge in [0.1, 0.15) is 0 Å². The Morgan fingerprint density at radius 1 is 0.439 bits per heavy atom. The van der Waals surface area contributed by atoms with Crippen molar-refractivity contribution in [2.45, 2.75) is 0 Å². The molecule has 0 aliphatic rings. The van der Waals surface area contributed by atoms with Gasteiger partial charge in [0.2, 0.25) is 0 Å². The van der Waals surface area contributed by atoms with Crippen LogP contribution in [0.25, 0.3) is 86.2 Å². The summed E-state index contributed by atoms with van der Waals surface area (Å²) in [5, 5.41) is 8.33. The molecule has 9 aromatic rings. The van der Waals surface area contributed by atoms with Crippen molar-refractivity contribution >= 4 is 75.0 Å². The molecule has 0 N–H and O–H groups in total. The van der Waals surface area contributed by atoms with E-state index in [1.54, 1.807) is 0 Å². The Morgan fingerprint density at radius 2 is 1.12 bits per heavy atom. The number of hydrogen-bond acceptors (Lipinski definition) is 4. The number of fused-ring (bicyclic) bond motifs is 9. The van der Waals surface area contributed by atoms with Gasteiger partial charge in [-0.15, -0.1) is 11.3 Å². The fourth-order valence-corrected chi connectivity index (χ4v) is 7.39. The van der Waals surface area contributed by atoms with Crippen LogP contribution in [0.1, 0.15) is 0 Å². The lowest BCUT2D eigenvalue weighted by atomic mass is 9.96. The van der Waals surface area contributed by atoms with Crippen LogP contribution in [0, 0.1) is 0 Å². The summed E-state index contributed by atoms with van der Waals surface area (Å²) in [7, 11) is 0. The Hall–Kier alpha value is -5.19. The van der Waals surface area contributed by atoms with Gasteiger partial charge in [0.25, 0.3) is 0 Å². The summed E-state index contributed by atoms with van der Waals surface area (Å²) in [6.07, 6.45) is 1.84. The fraction of sp³-hybridized carbons (Fsp3) is 0. The van der Waals surface area contributed by atoms with E-state index < -0.39 is 0 Å². The zero-order valence-corrected chi connectivity index (χ0v) is 22.7. The molecule has 0 amide bonds. The molecule has 4 aromatic heterocycles. The molecule has 0 fully saturated rings. The summed E-state index contributed by atoms with van der Waals surface area (Å²) in [6.45, 7) is 0. The first kappa shape index (κ1) is 22.6. The molecule has 0 aliphatic carbocycles. The first-order chi connectivity index (χ1) is 20.3. The third-order valence-corrected chi connectivity index (χ3v) is 9.34. The van der Waals surface area contributed by atoms with Crippen LogP contribution in [0.5, 0.6) is 0 Å². The van der Waals surface area contributed by atoms with E-state index >= 15 is 0 Å². The Kier molecular flexibility index (Phi) is 4.77. The number of hydrogen-bond donors (Lipinski definition) is 0. The molecule has 0 saturated heterocycles. The maximum absolute atomic E-state index is 5.18. The van der Waals surface area contributed by atoms with Crippen LogP contribution in [-0.4, -0.2) is 15.0 Å². The third-order valence-electron chi connectivity index (χ3n) is 8.12. The summed E-state index contributed by atoms with van der Waals surface area (Å²) >= 11 is 1.84. The molecule has 5 aromatic carbocycles. The van der Waals surface area contributed by atoms with Crippen molar-refractivity contribution in [2.24, 2.45) is 0 Å². The van der Waals surface area contributed by atoms with Gasteiger partial charge >= 0.3 is 0 Å². The second-order valence-electron chi connectivity index (χ2n) is 10.4. The number of rotatable bonds is 2. The summed E-state index contributed by atoms with van der Waals surface area (Å²) in [5.41, 5.74) is 7.02. The van der Waals surface area contributed by atoms with Crippen LogP contribution in [0.3, 0.4) is 0 Å². The van der Waals surface area contributed by atoms with Gasteiger partial charge in [-0.25, -0.2) is 9.97 Å². The van der Waals surface area contributed by atoms with Crippen LogP contribution in [-0.2, 0) is 0 Å². The number of nitrogens with zero attached hydrogens (tertiary/aromatic N) is 3. The number of thiophene rings is 1. The highest BCUT2D eigenvalue weighted by atomic mass is 32.1. The van der Waals surface area contributed by atoms with Gasteiger partial charge < -0.3 is 0 Å². The van der Waals surface area contributed by atoms with Crippen molar-refractivity contribution in [1.29, 1.82) is 0 Å². The number of aromatic nitrogens is 3. The molecule has 4 heterocycles. The maximum Gasteiger partial charge on any atom is 0.0972 e. The Balaban J connectivity index is 1.22. The van der Waals surface area contributed by atoms with E-state index in [1.165, 1.54) is 25.6 Å². The molecular weight excluding hydrogens is 518 g/mol. The molecule has 0 spiro atoms. The second-order valence-corrected chi connectivity index (χ2v) is 11.5. The molecule has 0 radical (unpaired) electrons. The van der Waals surface area contributed by atoms with Gasteiger partial charge in [-0.05, 0) is 47.2 Å². The minimum Gasteiger partial charge on any atom is -0.254 e. The minimum atomic E-state index is 0.928. The van der Waals surface area contributed by atoms with Crippen LogP contribution in [0.15, 0.2) is 128 Å². The van der Waals surface area contributed by atoms with E-state index in [0.717, 1.165) is 60.6 Å². The molecule has 0 saturated carbocycles. The molecule has 4 heteroatoms. The van der Waals surface area contributed by atoms with Crippen molar-refractivity contribution in [3.05, 3.63) is 128 Å². The first-order valence-electron chi connectivity index (χ1n) is 13.7. The van der Waals surface area contributed by atoms with Crippen molar-refractivity contribution in [1.82, 2.24) is 15.0 Å². The molecular formula is C37H21N3S. The van der Waals surface area contributed by atoms with Crippen LogP contribution in [0.4, 0.5) is 0 Å². The average Bonchev–Trinajstić information content (AvgIpc) is 3.43. The minimum absolute atomic E-state index is 0.928. The zero-order chi connectivity index (χ0) is 26.9. The highest BCUT2D eigenvalue weighted by molar-refractivity contribution is 7.26. The summed E-state index contributed by atoms with van der Waals surface area (Å²) in [6, 6.07) is 42.9. The van der Waals surface area contributed by atoms with E-state index in [2.05, 4.69) is 120 Å². The lowest BCUT2D eigenvalue weighted by Crippen LogP contribution is -1.91. The summed E-state index contributed by atoms with van der Waals surface area (Å²) in [5.74, 6) is 0. The molecule has 9 rings (SSSR count). The quantitative estimate of drug-likeness (QED) is 0.205. The molecule has 0 atom stereocenters. The lowest BCUT2D eigenvalue weighted by molar-refractivity contribution is 1.37. The third kappa shape index (κ3) is 3.41. The largest absolute Gasteiger partial charge is 0.254 e. The maximum atomic E-state index is 5.18. The van der Waals surface area contributed by atoms with Gasteiger partial charge in [-0.1, -0.05) is 84.9 Å². The molecule has 3 nitrogen and oxygen atoms in total. The normalized spacial score (nSPS) is 11.9. The van der Waals surface area contributed by atoms with Gasteiger partial charge in [-0.3, -0.25) is 4.98 Å². The Morgan fingerprint density at radius 3 is 1.98 bits per heavy atom. The van der Waals surface area contributed by atoms with Crippen LogP contribution >= 0.6 is 11.3 Å².